The van der Waals surface area contributed by atoms with Crippen molar-refractivity contribution in [2.24, 2.45) is 0 Å². The van der Waals surface area contributed by atoms with Gasteiger partial charge < -0.3 is 19.7 Å². The molecule has 5 heteroatoms. The van der Waals surface area contributed by atoms with Crippen LogP contribution in [0.4, 0.5) is 0 Å². The fraction of sp³-hybridized carbons (Fsp3) is 0.235. The number of fused-ring (bicyclic) bond motifs is 1. The second-order valence-corrected chi connectivity index (χ2v) is 5.08. The first kappa shape index (κ1) is 15.9. The summed E-state index contributed by atoms with van der Waals surface area (Å²) in [5.41, 5.74) is 0.270. The molecule has 5 nitrogen and oxygen atoms in total. The molecule has 0 aromatic heterocycles. The van der Waals surface area contributed by atoms with Crippen molar-refractivity contribution in [3.05, 3.63) is 42.5 Å². The van der Waals surface area contributed by atoms with Crippen molar-refractivity contribution in [3.63, 3.8) is 0 Å². The summed E-state index contributed by atoms with van der Waals surface area (Å²) in [6.07, 6.45) is -0.471. The van der Waals surface area contributed by atoms with E-state index in [0.29, 0.717) is 11.1 Å². The van der Waals surface area contributed by atoms with E-state index >= 15 is 0 Å². The number of hydrogen-bond acceptors (Lipinski definition) is 5. The van der Waals surface area contributed by atoms with Crippen LogP contribution in [0.25, 0.3) is 10.8 Å². The molecular formula is C17H18O5. The van der Waals surface area contributed by atoms with E-state index in [1.165, 1.54) is 6.07 Å². The number of esters is 1. The van der Waals surface area contributed by atoms with Crippen molar-refractivity contribution >= 4 is 16.7 Å². The minimum atomic E-state index is -0.556. The van der Waals surface area contributed by atoms with Crippen molar-refractivity contribution in [1.82, 2.24) is 0 Å². The van der Waals surface area contributed by atoms with Crippen LogP contribution in [0.3, 0.4) is 0 Å². The Morgan fingerprint density at radius 3 is 2.68 bits per heavy atom. The molecule has 0 amide bonds. The molecule has 0 aliphatic rings. The molecule has 0 fully saturated rings. The van der Waals surface area contributed by atoms with Crippen LogP contribution < -0.4 is 9.47 Å². The van der Waals surface area contributed by atoms with E-state index in [1.807, 2.05) is 0 Å². The van der Waals surface area contributed by atoms with Crippen LogP contribution >= 0.6 is 0 Å². The van der Waals surface area contributed by atoms with Crippen molar-refractivity contribution in [2.45, 2.75) is 20.0 Å². The maximum atomic E-state index is 11.7. The number of rotatable bonds is 5. The molecule has 2 rings (SSSR count). The number of aromatic hydroxyl groups is 1. The Kier molecular flexibility index (Phi) is 4.68. The van der Waals surface area contributed by atoms with Crippen molar-refractivity contribution < 1.29 is 24.5 Å². The van der Waals surface area contributed by atoms with E-state index < -0.39 is 12.1 Å². The lowest BCUT2D eigenvalue weighted by molar-refractivity contribution is -0.130. The van der Waals surface area contributed by atoms with Gasteiger partial charge in [-0.3, -0.25) is 0 Å². The average molecular weight is 302 g/mol. The normalized spacial score (nSPS) is 12.0. The van der Waals surface area contributed by atoms with Gasteiger partial charge in [0, 0.05) is 11.0 Å². The Hall–Kier alpha value is -2.53. The molecule has 116 valence electrons. The zero-order valence-electron chi connectivity index (χ0n) is 12.5. The predicted octanol–water partition coefficient (Wildman–Crippen LogP) is 2.79. The van der Waals surface area contributed by atoms with Gasteiger partial charge in [0.1, 0.15) is 11.9 Å². The number of phenolic OH excluding ortho intramolecular Hbond substituents is 1. The third-order valence-electron chi connectivity index (χ3n) is 3.05. The van der Waals surface area contributed by atoms with Gasteiger partial charge in [-0.25, -0.2) is 4.79 Å². The quantitative estimate of drug-likeness (QED) is 0.504. The summed E-state index contributed by atoms with van der Waals surface area (Å²) in [5.74, 6) is 0.153. The van der Waals surface area contributed by atoms with Crippen LogP contribution in [-0.4, -0.2) is 28.9 Å². The first-order valence-electron chi connectivity index (χ1n) is 6.83. The Labute approximate surface area is 128 Å². The Bertz CT molecular complexity index is 720. The van der Waals surface area contributed by atoms with E-state index in [9.17, 15) is 15.0 Å². The molecule has 22 heavy (non-hydrogen) atoms. The third kappa shape index (κ3) is 3.38. The van der Waals surface area contributed by atoms with Crippen molar-refractivity contribution in [1.29, 1.82) is 0 Å². The van der Waals surface area contributed by atoms with Gasteiger partial charge >= 0.3 is 5.97 Å². The summed E-state index contributed by atoms with van der Waals surface area (Å²) in [4.78, 5) is 11.7. The summed E-state index contributed by atoms with van der Waals surface area (Å²) >= 11 is 0. The van der Waals surface area contributed by atoms with Gasteiger partial charge in [0.25, 0.3) is 0 Å². The zero-order valence-corrected chi connectivity index (χ0v) is 12.5. The number of benzene rings is 2. The van der Waals surface area contributed by atoms with Gasteiger partial charge in [0.2, 0.25) is 0 Å². The number of hydrogen-bond donors (Lipinski definition) is 2. The van der Waals surface area contributed by atoms with E-state index in [4.69, 9.17) is 9.47 Å². The molecule has 2 aromatic carbocycles. The molecule has 0 spiro atoms. The highest BCUT2D eigenvalue weighted by atomic mass is 16.6. The summed E-state index contributed by atoms with van der Waals surface area (Å²) in [6, 6.07) is 8.07. The molecule has 0 aliphatic carbocycles. The Balaban J connectivity index is 2.54. The van der Waals surface area contributed by atoms with Crippen LogP contribution in [-0.2, 0) is 4.79 Å². The highest BCUT2D eigenvalue weighted by Crippen LogP contribution is 2.38. The minimum Gasteiger partial charge on any atom is -0.508 e. The number of aliphatic hydroxyl groups is 1. The monoisotopic (exact) mass is 302 g/mol. The molecule has 0 bridgehead atoms. The van der Waals surface area contributed by atoms with Crippen LogP contribution in [0.2, 0.25) is 0 Å². The molecule has 2 aromatic rings. The van der Waals surface area contributed by atoms with Gasteiger partial charge in [-0.1, -0.05) is 12.6 Å². The zero-order chi connectivity index (χ0) is 16.3. The molecule has 1 unspecified atom stereocenters. The molecule has 0 heterocycles. The number of phenols is 1. The Morgan fingerprint density at radius 2 is 2.05 bits per heavy atom. The third-order valence-corrected chi connectivity index (χ3v) is 3.05. The van der Waals surface area contributed by atoms with Crippen LogP contribution in [0, 0.1) is 0 Å². The summed E-state index contributed by atoms with van der Waals surface area (Å²) in [5, 5.41) is 20.1. The average Bonchev–Trinajstić information content (AvgIpc) is 2.48. The maximum Gasteiger partial charge on any atom is 0.338 e. The summed E-state index contributed by atoms with van der Waals surface area (Å²) in [6.45, 7) is 6.62. The fourth-order valence-electron chi connectivity index (χ4n) is 1.90. The lowest BCUT2D eigenvalue weighted by Crippen LogP contribution is -2.18. The number of carbonyl (C=O) groups is 1. The van der Waals surface area contributed by atoms with Gasteiger partial charge in [-0.15, -0.1) is 0 Å². The van der Waals surface area contributed by atoms with E-state index in [-0.39, 0.29) is 23.7 Å². The predicted molar refractivity (Wildman–Crippen MR) is 83.2 cm³/mol. The van der Waals surface area contributed by atoms with Gasteiger partial charge in [-0.05, 0) is 43.5 Å². The lowest BCUT2D eigenvalue weighted by Gasteiger charge is -2.17. The number of carbonyl (C=O) groups excluding carboxylic acids is 1. The first-order chi connectivity index (χ1) is 10.4. The summed E-state index contributed by atoms with van der Waals surface area (Å²) in [7, 11) is 0. The van der Waals surface area contributed by atoms with Crippen LogP contribution in [0.5, 0.6) is 17.2 Å². The smallest absolute Gasteiger partial charge is 0.338 e. The number of ether oxygens (including phenoxy) is 2. The van der Waals surface area contributed by atoms with Crippen LogP contribution in [0.1, 0.15) is 13.8 Å². The van der Waals surface area contributed by atoms with Crippen LogP contribution in [0.15, 0.2) is 42.5 Å². The first-order valence-corrected chi connectivity index (χ1v) is 6.83. The standard InChI is InChI=1S/C17H18O5/c1-10(2)17(20)22-15-7-4-12-8-13(19)5-6-14(12)16(15)21-11(3)9-18/h4-8,11,18-19H,1,9H2,2-3H3. The minimum absolute atomic E-state index is 0.125. The van der Waals surface area contributed by atoms with Crippen molar-refractivity contribution in [3.8, 4) is 17.2 Å². The summed E-state index contributed by atoms with van der Waals surface area (Å²) < 4.78 is 11.0. The van der Waals surface area contributed by atoms with E-state index in [1.54, 1.807) is 38.1 Å². The largest absolute Gasteiger partial charge is 0.508 e. The highest BCUT2D eigenvalue weighted by molar-refractivity contribution is 5.94. The molecular weight excluding hydrogens is 284 g/mol. The SMILES string of the molecule is C=C(C)C(=O)Oc1ccc2cc(O)ccc2c1OC(C)CO. The lowest BCUT2D eigenvalue weighted by atomic mass is 10.1. The van der Waals surface area contributed by atoms with Gasteiger partial charge in [-0.2, -0.15) is 0 Å². The van der Waals surface area contributed by atoms with Crippen molar-refractivity contribution in [2.75, 3.05) is 6.61 Å². The molecule has 0 aliphatic heterocycles. The van der Waals surface area contributed by atoms with Gasteiger partial charge in [0.05, 0.1) is 6.61 Å². The molecule has 0 radical (unpaired) electrons. The second kappa shape index (κ2) is 6.49. The highest BCUT2D eigenvalue weighted by Gasteiger charge is 2.16. The number of aliphatic hydroxyl groups excluding tert-OH is 1. The topological polar surface area (TPSA) is 76.0 Å². The molecule has 0 saturated carbocycles. The van der Waals surface area contributed by atoms with E-state index in [0.717, 1.165) is 5.39 Å². The second-order valence-electron chi connectivity index (χ2n) is 5.08. The van der Waals surface area contributed by atoms with Gasteiger partial charge in [0.15, 0.2) is 11.5 Å². The molecule has 0 saturated heterocycles. The van der Waals surface area contributed by atoms with E-state index in [2.05, 4.69) is 6.58 Å². The Morgan fingerprint density at radius 1 is 1.32 bits per heavy atom. The maximum absolute atomic E-state index is 11.7. The fourth-order valence-corrected chi connectivity index (χ4v) is 1.90. The molecule has 1 atom stereocenters. The molecule has 2 N–H and O–H groups in total.